The van der Waals surface area contributed by atoms with E-state index < -0.39 is 0 Å². The predicted molar refractivity (Wildman–Crippen MR) is 93.8 cm³/mol. The minimum absolute atomic E-state index is 0.610. The number of anilines is 2. The van der Waals surface area contributed by atoms with E-state index in [0.29, 0.717) is 5.56 Å². The molecule has 0 spiro atoms. The van der Waals surface area contributed by atoms with Gasteiger partial charge in [-0.15, -0.1) is 0 Å². The van der Waals surface area contributed by atoms with Crippen molar-refractivity contribution in [3.8, 4) is 17.3 Å². The summed E-state index contributed by atoms with van der Waals surface area (Å²) in [6, 6.07) is 19.5. The van der Waals surface area contributed by atoms with Gasteiger partial charge in [-0.2, -0.15) is 10.4 Å². The van der Waals surface area contributed by atoms with Crippen LogP contribution < -0.4 is 5.32 Å². The molecule has 0 aliphatic carbocycles. The van der Waals surface area contributed by atoms with Gasteiger partial charge in [-0.05, 0) is 42.5 Å². The highest BCUT2D eigenvalue weighted by atomic mass is 15.1. The minimum atomic E-state index is 0.610. The first-order valence-corrected chi connectivity index (χ1v) is 7.50. The Hall–Kier alpha value is -3.65. The molecule has 0 radical (unpaired) electrons. The lowest BCUT2D eigenvalue weighted by molar-refractivity contribution is 1.12. The summed E-state index contributed by atoms with van der Waals surface area (Å²) in [4.78, 5) is 4.05. The monoisotopic (exact) mass is 311 g/mol. The molecule has 0 saturated carbocycles. The van der Waals surface area contributed by atoms with Crippen molar-refractivity contribution >= 4 is 22.3 Å². The summed E-state index contributed by atoms with van der Waals surface area (Å²) in [7, 11) is 0. The van der Waals surface area contributed by atoms with Gasteiger partial charge in [0.15, 0.2) is 0 Å². The molecule has 2 aromatic heterocycles. The Morgan fingerprint density at radius 3 is 2.67 bits per heavy atom. The van der Waals surface area contributed by atoms with Gasteiger partial charge >= 0.3 is 0 Å². The van der Waals surface area contributed by atoms with Crippen LogP contribution in [0, 0.1) is 11.3 Å². The highest BCUT2D eigenvalue weighted by Gasteiger charge is 2.09. The van der Waals surface area contributed by atoms with Crippen LogP contribution in [0.5, 0.6) is 0 Å². The van der Waals surface area contributed by atoms with Gasteiger partial charge < -0.3 is 5.32 Å². The maximum Gasteiger partial charge on any atom is 0.101 e. The molecule has 0 amide bonds. The quantitative estimate of drug-likeness (QED) is 0.593. The van der Waals surface area contributed by atoms with E-state index in [0.717, 1.165) is 33.5 Å². The average Bonchev–Trinajstić information content (AvgIpc) is 3.06. The van der Waals surface area contributed by atoms with Crippen molar-refractivity contribution in [3.63, 3.8) is 0 Å². The number of nitriles is 1. The molecule has 0 atom stereocenters. The van der Waals surface area contributed by atoms with Crippen molar-refractivity contribution in [3.05, 3.63) is 72.6 Å². The molecule has 0 unspecified atom stereocenters. The molecule has 0 aliphatic rings. The lowest BCUT2D eigenvalue weighted by Crippen LogP contribution is -1.93. The first-order valence-electron chi connectivity index (χ1n) is 7.50. The van der Waals surface area contributed by atoms with Gasteiger partial charge in [0.1, 0.15) is 11.8 Å². The first kappa shape index (κ1) is 14.0. The molecule has 2 N–H and O–H groups in total. The van der Waals surface area contributed by atoms with Crippen LogP contribution in [0.15, 0.2) is 67.0 Å². The van der Waals surface area contributed by atoms with Gasteiger partial charge in [-0.25, -0.2) is 0 Å². The zero-order chi connectivity index (χ0) is 16.4. The molecule has 5 nitrogen and oxygen atoms in total. The average molecular weight is 311 g/mol. The molecule has 5 heteroatoms. The Balaban J connectivity index is 1.77. The number of hydrogen-bond acceptors (Lipinski definition) is 4. The van der Waals surface area contributed by atoms with Crippen molar-refractivity contribution in [2.24, 2.45) is 0 Å². The maximum absolute atomic E-state index is 9.22. The molecule has 4 rings (SSSR count). The SMILES string of the molecule is N#Cc1ccccc1Nc1ccc2[nH]nc(-c3ccncc3)c2c1. The van der Waals surface area contributed by atoms with Gasteiger partial charge in [0.25, 0.3) is 0 Å². The van der Waals surface area contributed by atoms with E-state index in [1.54, 1.807) is 18.5 Å². The molecular formula is C19H13N5. The van der Waals surface area contributed by atoms with Gasteiger partial charge in [0.05, 0.1) is 16.8 Å². The van der Waals surface area contributed by atoms with E-state index in [9.17, 15) is 5.26 Å². The van der Waals surface area contributed by atoms with Gasteiger partial charge in [0, 0.05) is 29.0 Å². The number of hydrogen-bond donors (Lipinski definition) is 2. The van der Waals surface area contributed by atoms with Crippen LogP contribution >= 0.6 is 0 Å². The third-order valence-corrected chi connectivity index (χ3v) is 3.84. The van der Waals surface area contributed by atoms with Crippen molar-refractivity contribution in [2.45, 2.75) is 0 Å². The smallest absolute Gasteiger partial charge is 0.101 e. The lowest BCUT2D eigenvalue weighted by atomic mass is 10.1. The van der Waals surface area contributed by atoms with Gasteiger partial charge in [-0.1, -0.05) is 12.1 Å². The van der Waals surface area contributed by atoms with Crippen molar-refractivity contribution < 1.29 is 0 Å². The summed E-state index contributed by atoms with van der Waals surface area (Å²) in [5, 5.41) is 21.0. The molecule has 0 aliphatic heterocycles. The number of fused-ring (bicyclic) bond motifs is 1. The van der Waals surface area contributed by atoms with Crippen LogP contribution in [-0.2, 0) is 0 Å². The molecule has 24 heavy (non-hydrogen) atoms. The predicted octanol–water partition coefficient (Wildman–Crippen LogP) is 4.24. The van der Waals surface area contributed by atoms with E-state index in [-0.39, 0.29) is 0 Å². The second kappa shape index (κ2) is 5.86. The van der Waals surface area contributed by atoms with Crippen molar-refractivity contribution in [1.29, 1.82) is 5.26 Å². The highest BCUT2D eigenvalue weighted by molar-refractivity contribution is 5.95. The van der Waals surface area contributed by atoms with E-state index in [4.69, 9.17) is 0 Å². The molecule has 0 fully saturated rings. The van der Waals surface area contributed by atoms with Crippen LogP contribution in [0.2, 0.25) is 0 Å². The van der Waals surface area contributed by atoms with Crippen molar-refractivity contribution in [1.82, 2.24) is 15.2 Å². The van der Waals surface area contributed by atoms with E-state index in [1.165, 1.54) is 0 Å². The summed E-state index contributed by atoms with van der Waals surface area (Å²) in [5.41, 5.74) is 5.14. The molecule has 114 valence electrons. The zero-order valence-corrected chi connectivity index (χ0v) is 12.7. The van der Waals surface area contributed by atoms with Crippen LogP contribution in [0.25, 0.3) is 22.2 Å². The summed E-state index contributed by atoms with van der Waals surface area (Å²) in [5.74, 6) is 0. The van der Waals surface area contributed by atoms with Crippen LogP contribution in [-0.4, -0.2) is 15.2 Å². The number of nitrogens with one attached hydrogen (secondary N) is 2. The lowest BCUT2D eigenvalue weighted by Gasteiger charge is -2.08. The van der Waals surface area contributed by atoms with Gasteiger partial charge in [-0.3, -0.25) is 10.1 Å². The molecule has 0 bridgehead atoms. The fourth-order valence-electron chi connectivity index (χ4n) is 2.67. The first-order chi connectivity index (χ1) is 11.8. The number of aromatic amines is 1. The largest absolute Gasteiger partial charge is 0.354 e. The Labute approximate surface area is 138 Å². The number of aromatic nitrogens is 3. The zero-order valence-electron chi connectivity index (χ0n) is 12.7. The number of H-pyrrole nitrogens is 1. The molecule has 2 aromatic carbocycles. The second-order valence-electron chi connectivity index (χ2n) is 5.35. The maximum atomic E-state index is 9.22. The Morgan fingerprint density at radius 1 is 1.00 bits per heavy atom. The summed E-state index contributed by atoms with van der Waals surface area (Å²) in [6.45, 7) is 0. The van der Waals surface area contributed by atoms with Crippen LogP contribution in [0.1, 0.15) is 5.56 Å². The molecule has 0 saturated heterocycles. The summed E-state index contributed by atoms with van der Waals surface area (Å²) < 4.78 is 0. The van der Waals surface area contributed by atoms with E-state index >= 15 is 0 Å². The fraction of sp³-hybridized carbons (Fsp3) is 0. The highest BCUT2D eigenvalue weighted by Crippen LogP contribution is 2.29. The topological polar surface area (TPSA) is 77.4 Å². The summed E-state index contributed by atoms with van der Waals surface area (Å²) in [6.07, 6.45) is 3.50. The second-order valence-corrected chi connectivity index (χ2v) is 5.35. The van der Waals surface area contributed by atoms with E-state index in [1.807, 2.05) is 48.5 Å². The fourth-order valence-corrected chi connectivity index (χ4v) is 2.67. The van der Waals surface area contributed by atoms with Crippen LogP contribution in [0.3, 0.4) is 0 Å². The van der Waals surface area contributed by atoms with Crippen LogP contribution in [0.4, 0.5) is 11.4 Å². The molecular weight excluding hydrogens is 298 g/mol. The standard InChI is InChI=1S/C19H13N5/c20-12-14-3-1-2-4-17(14)22-15-5-6-18-16(11-15)19(24-23-18)13-7-9-21-10-8-13/h1-11,22H,(H,23,24). The summed E-state index contributed by atoms with van der Waals surface area (Å²) >= 11 is 0. The molecule has 2 heterocycles. The number of pyridine rings is 1. The third kappa shape index (κ3) is 2.46. The number of nitrogens with zero attached hydrogens (tertiary/aromatic N) is 3. The van der Waals surface area contributed by atoms with Crippen molar-refractivity contribution in [2.75, 3.05) is 5.32 Å². The Morgan fingerprint density at radius 2 is 1.83 bits per heavy atom. The van der Waals surface area contributed by atoms with E-state index in [2.05, 4.69) is 26.6 Å². The number of benzene rings is 2. The van der Waals surface area contributed by atoms with Gasteiger partial charge in [0.2, 0.25) is 0 Å². The Bertz CT molecular complexity index is 1040. The minimum Gasteiger partial charge on any atom is -0.354 e. The third-order valence-electron chi connectivity index (χ3n) is 3.84. The Kier molecular flexibility index (Phi) is 3.41. The molecule has 4 aromatic rings. The number of rotatable bonds is 3. The number of para-hydroxylation sites is 1. The normalized spacial score (nSPS) is 10.5.